The molecule has 0 amide bonds. The lowest BCUT2D eigenvalue weighted by Crippen LogP contribution is -1.99. The number of hydrogen-bond acceptors (Lipinski definition) is 1. The number of rotatable bonds is 17. The molecule has 0 aromatic carbocycles. The van der Waals surface area contributed by atoms with Gasteiger partial charge in [-0.05, 0) is 18.8 Å². The Labute approximate surface area is 140 Å². The van der Waals surface area contributed by atoms with Crippen LogP contribution < -0.4 is 0 Å². The van der Waals surface area contributed by atoms with Gasteiger partial charge in [-0.3, -0.25) is 4.79 Å². The number of ketones is 1. The van der Waals surface area contributed by atoms with Gasteiger partial charge < -0.3 is 0 Å². The Morgan fingerprint density at radius 3 is 1.50 bits per heavy atom. The van der Waals surface area contributed by atoms with E-state index in [4.69, 9.17) is 0 Å². The summed E-state index contributed by atoms with van der Waals surface area (Å²) in [6, 6.07) is 0. The fourth-order valence-corrected chi connectivity index (χ4v) is 3.00. The van der Waals surface area contributed by atoms with Crippen LogP contribution in [-0.2, 0) is 4.79 Å². The lowest BCUT2D eigenvalue weighted by molar-refractivity contribution is -0.119. The molecule has 0 aliphatic rings. The van der Waals surface area contributed by atoms with E-state index in [0.29, 0.717) is 5.78 Å². The lowest BCUT2D eigenvalue weighted by Gasteiger charge is -2.04. The molecule has 0 heterocycles. The van der Waals surface area contributed by atoms with Crippen molar-refractivity contribution in [3.63, 3.8) is 0 Å². The van der Waals surface area contributed by atoms with E-state index in [1.54, 1.807) is 0 Å². The van der Waals surface area contributed by atoms with E-state index in [0.717, 1.165) is 31.6 Å². The molecule has 0 atom stereocenters. The summed E-state index contributed by atoms with van der Waals surface area (Å²) >= 11 is 0. The number of Topliss-reactive ketones (excluding diaryl/α,β-unsaturated/α-hetero) is 1. The highest BCUT2D eigenvalue weighted by molar-refractivity contribution is 5.78. The Kier molecular flexibility index (Phi) is 16.8. The zero-order chi connectivity index (χ0) is 16.5. The Balaban J connectivity index is 3.12. The molecule has 0 aromatic rings. The first-order valence-electron chi connectivity index (χ1n) is 10.2. The third-order valence-electron chi connectivity index (χ3n) is 4.55. The van der Waals surface area contributed by atoms with Crippen molar-refractivity contribution in [3.8, 4) is 0 Å². The first-order valence-corrected chi connectivity index (χ1v) is 10.2. The standard InChI is InChI=1S/C21H42O/c1-4-5-6-7-8-9-10-11-12-13-14-15-18-21(22)19-16-17-20(2)3/h20H,4-19H2,1-3H3. The van der Waals surface area contributed by atoms with E-state index < -0.39 is 0 Å². The van der Waals surface area contributed by atoms with Crippen LogP contribution in [-0.4, -0.2) is 5.78 Å². The quantitative estimate of drug-likeness (QED) is 0.255. The summed E-state index contributed by atoms with van der Waals surface area (Å²) in [4.78, 5) is 11.7. The van der Waals surface area contributed by atoms with Gasteiger partial charge in [0.05, 0.1) is 0 Å². The zero-order valence-corrected chi connectivity index (χ0v) is 15.8. The van der Waals surface area contributed by atoms with Crippen LogP contribution >= 0.6 is 0 Å². The maximum atomic E-state index is 11.7. The summed E-state index contributed by atoms with van der Waals surface area (Å²) in [7, 11) is 0. The average Bonchev–Trinajstić information content (AvgIpc) is 2.48. The fraction of sp³-hybridized carbons (Fsp3) is 0.952. The van der Waals surface area contributed by atoms with Gasteiger partial charge in [0.2, 0.25) is 0 Å². The lowest BCUT2D eigenvalue weighted by atomic mass is 10.0. The monoisotopic (exact) mass is 310 g/mol. The zero-order valence-electron chi connectivity index (χ0n) is 15.8. The van der Waals surface area contributed by atoms with Crippen LogP contribution in [0, 0.1) is 5.92 Å². The molecular weight excluding hydrogens is 268 g/mol. The van der Waals surface area contributed by atoms with Crippen molar-refractivity contribution in [2.24, 2.45) is 5.92 Å². The Morgan fingerprint density at radius 2 is 1.05 bits per heavy atom. The summed E-state index contributed by atoms with van der Waals surface area (Å²) in [5.41, 5.74) is 0. The highest BCUT2D eigenvalue weighted by Gasteiger charge is 2.03. The average molecular weight is 311 g/mol. The molecule has 0 aliphatic heterocycles. The third kappa shape index (κ3) is 17.7. The number of unbranched alkanes of at least 4 members (excludes halogenated alkanes) is 11. The van der Waals surface area contributed by atoms with E-state index in [1.165, 1.54) is 77.0 Å². The summed E-state index contributed by atoms with van der Waals surface area (Å²) in [5, 5.41) is 0. The molecular formula is C21H42O. The molecule has 0 spiro atoms. The Bertz CT molecular complexity index is 232. The molecule has 0 saturated carbocycles. The van der Waals surface area contributed by atoms with Crippen molar-refractivity contribution in [2.45, 2.75) is 124 Å². The molecule has 0 radical (unpaired) electrons. The summed E-state index contributed by atoms with van der Waals surface area (Å²) in [6.45, 7) is 6.74. The summed E-state index contributed by atoms with van der Waals surface area (Å²) in [5.74, 6) is 1.23. The van der Waals surface area contributed by atoms with E-state index >= 15 is 0 Å². The minimum atomic E-state index is 0.493. The summed E-state index contributed by atoms with van der Waals surface area (Å²) < 4.78 is 0. The van der Waals surface area contributed by atoms with Gasteiger partial charge in [0.25, 0.3) is 0 Å². The number of carbonyl (C=O) groups is 1. The van der Waals surface area contributed by atoms with Crippen molar-refractivity contribution >= 4 is 5.78 Å². The van der Waals surface area contributed by atoms with E-state index in [-0.39, 0.29) is 0 Å². The van der Waals surface area contributed by atoms with Gasteiger partial charge in [-0.1, -0.05) is 97.8 Å². The molecule has 1 heteroatoms. The minimum Gasteiger partial charge on any atom is -0.300 e. The largest absolute Gasteiger partial charge is 0.300 e. The number of hydrogen-bond donors (Lipinski definition) is 0. The van der Waals surface area contributed by atoms with Gasteiger partial charge in [-0.15, -0.1) is 0 Å². The third-order valence-corrected chi connectivity index (χ3v) is 4.55. The molecule has 0 aromatic heterocycles. The minimum absolute atomic E-state index is 0.493. The normalized spacial score (nSPS) is 11.3. The first-order chi connectivity index (χ1) is 10.7. The van der Waals surface area contributed by atoms with Crippen LogP contribution in [0.2, 0.25) is 0 Å². The molecule has 0 unspecified atom stereocenters. The van der Waals surface area contributed by atoms with Crippen LogP contribution in [0.15, 0.2) is 0 Å². The van der Waals surface area contributed by atoms with Crippen LogP contribution in [0.3, 0.4) is 0 Å². The van der Waals surface area contributed by atoms with Crippen molar-refractivity contribution in [1.29, 1.82) is 0 Å². The van der Waals surface area contributed by atoms with E-state index in [2.05, 4.69) is 20.8 Å². The maximum absolute atomic E-state index is 11.7. The highest BCUT2D eigenvalue weighted by atomic mass is 16.1. The predicted octanol–water partition coefficient (Wildman–Crippen LogP) is 7.47. The first kappa shape index (κ1) is 21.7. The molecule has 0 aliphatic carbocycles. The molecule has 0 fully saturated rings. The second-order valence-corrected chi connectivity index (χ2v) is 7.46. The molecule has 0 saturated heterocycles. The van der Waals surface area contributed by atoms with Crippen molar-refractivity contribution in [3.05, 3.63) is 0 Å². The molecule has 22 heavy (non-hydrogen) atoms. The van der Waals surface area contributed by atoms with Crippen LogP contribution in [0.25, 0.3) is 0 Å². The van der Waals surface area contributed by atoms with Crippen molar-refractivity contribution in [2.75, 3.05) is 0 Å². The molecule has 0 bridgehead atoms. The molecule has 0 N–H and O–H groups in total. The van der Waals surface area contributed by atoms with Gasteiger partial charge in [0.15, 0.2) is 0 Å². The van der Waals surface area contributed by atoms with Crippen molar-refractivity contribution in [1.82, 2.24) is 0 Å². The van der Waals surface area contributed by atoms with Gasteiger partial charge in [0.1, 0.15) is 5.78 Å². The van der Waals surface area contributed by atoms with Crippen molar-refractivity contribution < 1.29 is 4.79 Å². The van der Waals surface area contributed by atoms with Crippen LogP contribution in [0.5, 0.6) is 0 Å². The predicted molar refractivity (Wildman–Crippen MR) is 99.4 cm³/mol. The molecule has 1 nitrogen and oxygen atoms in total. The van der Waals surface area contributed by atoms with E-state index in [9.17, 15) is 4.79 Å². The van der Waals surface area contributed by atoms with Gasteiger partial charge >= 0.3 is 0 Å². The Morgan fingerprint density at radius 1 is 0.636 bits per heavy atom. The Hall–Kier alpha value is -0.330. The fourth-order valence-electron chi connectivity index (χ4n) is 3.00. The second-order valence-electron chi connectivity index (χ2n) is 7.46. The maximum Gasteiger partial charge on any atom is 0.132 e. The number of carbonyl (C=O) groups excluding carboxylic acids is 1. The van der Waals surface area contributed by atoms with Crippen LogP contribution in [0.1, 0.15) is 124 Å². The second kappa shape index (κ2) is 17.0. The molecule has 132 valence electrons. The van der Waals surface area contributed by atoms with Gasteiger partial charge in [-0.2, -0.15) is 0 Å². The van der Waals surface area contributed by atoms with Gasteiger partial charge in [-0.25, -0.2) is 0 Å². The van der Waals surface area contributed by atoms with Crippen LogP contribution in [0.4, 0.5) is 0 Å². The smallest absolute Gasteiger partial charge is 0.132 e. The summed E-state index contributed by atoms with van der Waals surface area (Å²) in [6.07, 6.45) is 20.3. The SMILES string of the molecule is CCCCCCCCCCCCCCC(=O)CCCC(C)C. The van der Waals surface area contributed by atoms with E-state index in [1.807, 2.05) is 0 Å². The highest BCUT2D eigenvalue weighted by Crippen LogP contribution is 2.13. The van der Waals surface area contributed by atoms with Gasteiger partial charge in [0, 0.05) is 12.8 Å². The molecule has 0 rings (SSSR count). The topological polar surface area (TPSA) is 17.1 Å².